The maximum atomic E-state index is 12.0. The van der Waals surface area contributed by atoms with E-state index in [9.17, 15) is 4.79 Å². The molecule has 1 N–H and O–H groups in total. The lowest BCUT2D eigenvalue weighted by Crippen LogP contribution is -2.31. The predicted octanol–water partition coefficient (Wildman–Crippen LogP) is 4.40. The number of hydrogen-bond donors (Lipinski definition) is 1. The van der Waals surface area contributed by atoms with Gasteiger partial charge in [0.1, 0.15) is 0 Å². The number of benzene rings is 1. The van der Waals surface area contributed by atoms with E-state index in [0.29, 0.717) is 27.9 Å². The van der Waals surface area contributed by atoms with Crippen molar-refractivity contribution in [1.82, 2.24) is 5.32 Å². The summed E-state index contributed by atoms with van der Waals surface area (Å²) in [5.41, 5.74) is 0.523. The van der Waals surface area contributed by atoms with Crippen LogP contribution in [0.3, 0.4) is 0 Å². The van der Waals surface area contributed by atoms with Crippen molar-refractivity contribution in [2.24, 2.45) is 5.92 Å². The zero-order valence-electron chi connectivity index (χ0n) is 9.76. The van der Waals surface area contributed by atoms with Crippen LogP contribution in [0.2, 0.25) is 5.02 Å². The fourth-order valence-electron chi connectivity index (χ4n) is 2.22. The zero-order chi connectivity index (χ0) is 13.1. The van der Waals surface area contributed by atoms with Gasteiger partial charge in [-0.25, -0.2) is 0 Å². The Bertz CT molecular complexity index is 453. The Morgan fingerprint density at radius 1 is 1.44 bits per heavy atom. The van der Waals surface area contributed by atoms with Crippen molar-refractivity contribution in [3.63, 3.8) is 0 Å². The summed E-state index contributed by atoms with van der Waals surface area (Å²) in [6.07, 6.45) is 3.59. The highest BCUT2D eigenvalue weighted by Gasteiger charge is 2.25. The summed E-state index contributed by atoms with van der Waals surface area (Å²) in [6, 6.07) is 5.38. The molecule has 0 bridgehead atoms. The first-order valence-corrected chi connectivity index (χ1v) is 8.04. The molecule has 1 saturated carbocycles. The quantitative estimate of drug-likeness (QED) is 0.756. The fraction of sp³-hybridized carbons (Fsp3) is 0.462. The van der Waals surface area contributed by atoms with Gasteiger partial charge in [-0.05, 0) is 46.8 Å². The van der Waals surface area contributed by atoms with Crippen LogP contribution in [-0.4, -0.2) is 17.3 Å². The van der Waals surface area contributed by atoms with Crippen LogP contribution in [0.4, 0.5) is 0 Å². The topological polar surface area (TPSA) is 29.1 Å². The molecule has 0 saturated heterocycles. The second-order valence-corrected chi connectivity index (χ2v) is 6.93. The van der Waals surface area contributed by atoms with Crippen LogP contribution in [-0.2, 0) is 0 Å². The van der Waals surface area contributed by atoms with E-state index >= 15 is 0 Å². The molecule has 98 valence electrons. The fourth-order valence-corrected chi connectivity index (χ4v) is 3.57. The predicted molar refractivity (Wildman–Crippen MR) is 81.5 cm³/mol. The molecule has 2 atom stereocenters. The van der Waals surface area contributed by atoms with E-state index in [1.807, 2.05) is 12.1 Å². The van der Waals surface area contributed by atoms with Crippen molar-refractivity contribution < 1.29 is 4.79 Å². The van der Waals surface area contributed by atoms with E-state index in [1.165, 1.54) is 19.3 Å². The molecule has 2 nitrogen and oxygen atoms in total. The molecule has 5 heteroatoms. The second kappa shape index (κ2) is 6.40. The monoisotopic (exact) mass is 393 g/mol. The van der Waals surface area contributed by atoms with Gasteiger partial charge in [-0.15, -0.1) is 0 Å². The SMILES string of the molecule is O=C(NCC1CCCC1Br)c1cccc(Br)c1Cl. The van der Waals surface area contributed by atoms with Crippen molar-refractivity contribution in [1.29, 1.82) is 0 Å². The summed E-state index contributed by atoms with van der Waals surface area (Å²) in [5, 5.41) is 3.43. The van der Waals surface area contributed by atoms with Gasteiger partial charge in [-0.1, -0.05) is 40.0 Å². The van der Waals surface area contributed by atoms with Gasteiger partial charge < -0.3 is 5.32 Å². The molecule has 2 unspecified atom stereocenters. The van der Waals surface area contributed by atoms with Crippen LogP contribution in [0.1, 0.15) is 29.6 Å². The number of carbonyl (C=O) groups is 1. The molecule has 0 aromatic heterocycles. The minimum atomic E-state index is -0.104. The standard InChI is InChI=1S/C13H14Br2ClNO/c14-10-5-1-3-8(10)7-17-13(18)9-4-2-6-11(15)12(9)16/h2,4,6,8,10H,1,3,5,7H2,(H,17,18). The summed E-state index contributed by atoms with van der Waals surface area (Å²) >= 11 is 13.1. The number of hydrogen-bond acceptors (Lipinski definition) is 1. The Kier molecular flexibility index (Phi) is 5.10. The van der Waals surface area contributed by atoms with Gasteiger partial charge >= 0.3 is 0 Å². The van der Waals surface area contributed by atoms with Crippen LogP contribution >= 0.6 is 43.5 Å². The normalized spacial score (nSPS) is 23.1. The van der Waals surface area contributed by atoms with Crippen LogP contribution in [0.5, 0.6) is 0 Å². The third-order valence-electron chi connectivity index (χ3n) is 3.29. The van der Waals surface area contributed by atoms with Gasteiger partial charge in [0.05, 0.1) is 10.6 Å². The van der Waals surface area contributed by atoms with Crippen molar-refractivity contribution in [2.45, 2.75) is 24.1 Å². The first kappa shape index (κ1) is 14.4. The molecule has 0 radical (unpaired) electrons. The summed E-state index contributed by atoms with van der Waals surface area (Å²) in [6.45, 7) is 0.706. The van der Waals surface area contributed by atoms with E-state index in [0.717, 1.165) is 4.47 Å². The van der Waals surface area contributed by atoms with Crippen LogP contribution in [0.15, 0.2) is 22.7 Å². The first-order valence-electron chi connectivity index (χ1n) is 5.96. The minimum Gasteiger partial charge on any atom is -0.352 e. The molecular formula is C13H14Br2ClNO. The van der Waals surface area contributed by atoms with Gasteiger partial charge in [0.15, 0.2) is 0 Å². The molecule has 0 heterocycles. The molecule has 1 aliphatic rings. The summed E-state index contributed by atoms with van der Waals surface area (Å²) in [4.78, 5) is 12.6. The summed E-state index contributed by atoms with van der Waals surface area (Å²) < 4.78 is 0.746. The van der Waals surface area contributed by atoms with E-state index in [2.05, 4.69) is 37.2 Å². The largest absolute Gasteiger partial charge is 0.352 e. The first-order chi connectivity index (χ1) is 8.59. The lowest BCUT2D eigenvalue weighted by Gasteiger charge is -2.15. The van der Waals surface area contributed by atoms with Gasteiger partial charge in [0, 0.05) is 15.8 Å². The maximum absolute atomic E-state index is 12.0. The second-order valence-electron chi connectivity index (χ2n) is 4.52. The zero-order valence-corrected chi connectivity index (χ0v) is 13.7. The smallest absolute Gasteiger partial charge is 0.252 e. The minimum absolute atomic E-state index is 0.104. The lowest BCUT2D eigenvalue weighted by atomic mass is 10.1. The van der Waals surface area contributed by atoms with Crippen molar-refractivity contribution in [2.75, 3.05) is 6.54 Å². The van der Waals surface area contributed by atoms with Crippen molar-refractivity contribution in [3.8, 4) is 0 Å². The molecule has 1 aliphatic carbocycles. The Labute approximate surface area is 129 Å². The van der Waals surface area contributed by atoms with E-state index in [-0.39, 0.29) is 5.91 Å². The molecule has 2 rings (SSSR count). The van der Waals surface area contributed by atoms with E-state index < -0.39 is 0 Å². The van der Waals surface area contributed by atoms with E-state index in [1.54, 1.807) is 6.07 Å². The summed E-state index contributed by atoms with van der Waals surface area (Å²) in [5.74, 6) is 0.424. The molecule has 0 spiro atoms. The Morgan fingerprint density at radius 2 is 2.22 bits per heavy atom. The summed E-state index contributed by atoms with van der Waals surface area (Å²) in [7, 11) is 0. The van der Waals surface area contributed by atoms with Gasteiger partial charge in [-0.3, -0.25) is 4.79 Å². The molecule has 1 amide bonds. The molecule has 0 aliphatic heterocycles. The molecule has 1 fully saturated rings. The number of amides is 1. The van der Waals surface area contributed by atoms with Gasteiger partial charge in [0.25, 0.3) is 5.91 Å². The highest BCUT2D eigenvalue weighted by atomic mass is 79.9. The molecule has 1 aromatic rings. The highest BCUT2D eigenvalue weighted by Crippen LogP contribution is 2.31. The number of rotatable bonds is 3. The number of nitrogens with one attached hydrogen (secondary N) is 1. The Morgan fingerprint density at radius 3 is 2.89 bits per heavy atom. The van der Waals surface area contributed by atoms with Crippen LogP contribution in [0.25, 0.3) is 0 Å². The molecule has 1 aromatic carbocycles. The van der Waals surface area contributed by atoms with Crippen LogP contribution in [0, 0.1) is 5.92 Å². The molecular weight excluding hydrogens is 381 g/mol. The third-order valence-corrected chi connectivity index (χ3v) is 5.79. The van der Waals surface area contributed by atoms with Gasteiger partial charge in [-0.2, -0.15) is 0 Å². The average molecular weight is 396 g/mol. The van der Waals surface area contributed by atoms with E-state index in [4.69, 9.17) is 11.6 Å². The third kappa shape index (κ3) is 3.28. The number of alkyl halides is 1. The number of carbonyl (C=O) groups excluding carboxylic acids is 1. The highest BCUT2D eigenvalue weighted by molar-refractivity contribution is 9.10. The average Bonchev–Trinajstić information content (AvgIpc) is 2.75. The lowest BCUT2D eigenvalue weighted by molar-refractivity contribution is 0.0948. The van der Waals surface area contributed by atoms with Crippen molar-refractivity contribution >= 4 is 49.4 Å². The van der Waals surface area contributed by atoms with Gasteiger partial charge in [0.2, 0.25) is 0 Å². The van der Waals surface area contributed by atoms with Crippen molar-refractivity contribution in [3.05, 3.63) is 33.3 Å². The molecule has 18 heavy (non-hydrogen) atoms. The Balaban J connectivity index is 1.97. The maximum Gasteiger partial charge on any atom is 0.252 e. The van der Waals surface area contributed by atoms with Crippen LogP contribution < -0.4 is 5.32 Å². The Hall–Kier alpha value is -0.0600. The number of halogens is 3.